The van der Waals surface area contributed by atoms with Crippen LogP contribution in [0.4, 0.5) is 0 Å². The maximum Gasteiger partial charge on any atom is 0.0940 e. The summed E-state index contributed by atoms with van der Waals surface area (Å²) in [6, 6.07) is 3.96. The largest absolute Gasteiger partial charge is 0.312 e. The van der Waals surface area contributed by atoms with Crippen LogP contribution in [-0.2, 0) is 13.0 Å². The van der Waals surface area contributed by atoms with Crippen LogP contribution in [0.5, 0.6) is 0 Å². The highest BCUT2D eigenvalue weighted by atomic mass is 32.1. The van der Waals surface area contributed by atoms with Gasteiger partial charge in [0.2, 0.25) is 0 Å². The minimum absolute atomic E-state index is 0.783. The van der Waals surface area contributed by atoms with Crippen LogP contribution in [0, 0.1) is 6.92 Å². The van der Waals surface area contributed by atoms with Crippen molar-refractivity contribution in [3.05, 3.63) is 52.4 Å². The summed E-state index contributed by atoms with van der Waals surface area (Å²) in [6.07, 6.45) is 6.44. The molecular formula is C15H17N5S. The fourth-order valence-electron chi connectivity index (χ4n) is 2.14. The molecule has 0 atom stereocenters. The van der Waals surface area contributed by atoms with Gasteiger partial charge in [-0.05, 0) is 19.1 Å². The Morgan fingerprint density at radius 2 is 2.29 bits per heavy atom. The fourth-order valence-corrected chi connectivity index (χ4v) is 2.92. The molecule has 3 heterocycles. The smallest absolute Gasteiger partial charge is 0.0940 e. The summed E-state index contributed by atoms with van der Waals surface area (Å²) in [6.45, 7) is 3.72. The molecule has 0 aromatic carbocycles. The fraction of sp³-hybridized carbons (Fsp3) is 0.267. The van der Waals surface area contributed by atoms with E-state index in [-0.39, 0.29) is 0 Å². The summed E-state index contributed by atoms with van der Waals surface area (Å²) in [7, 11) is 0. The molecule has 0 saturated carbocycles. The second-order valence-corrected chi connectivity index (χ2v) is 5.76. The minimum atomic E-state index is 0.783. The number of H-pyrrole nitrogens is 1. The summed E-state index contributed by atoms with van der Waals surface area (Å²) < 4.78 is 0. The molecule has 2 N–H and O–H groups in total. The Balaban J connectivity index is 1.55. The van der Waals surface area contributed by atoms with Gasteiger partial charge in [0.1, 0.15) is 0 Å². The molecule has 3 aromatic heterocycles. The van der Waals surface area contributed by atoms with Gasteiger partial charge in [-0.2, -0.15) is 5.10 Å². The van der Waals surface area contributed by atoms with E-state index in [1.165, 1.54) is 5.01 Å². The second kappa shape index (κ2) is 6.60. The van der Waals surface area contributed by atoms with Crippen LogP contribution in [0.2, 0.25) is 0 Å². The Hall–Kier alpha value is -2.05. The van der Waals surface area contributed by atoms with Crippen molar-refractivity contribution in [2.24, 2.45) is 0 Å². The average Bonchev–Trinajstić information content (AvgIpc) is 3.13. The molecule has 0 fully saturated rings. The van der Waals surface area contributed by atoms with E-state index in [1.54, 1.807) is 17.5 Å². The van der Waals surface area contributed by atoms with E-state index in [0.29, 0.717) is 0 Å². The molecule has 0 spiro atoms. The van der Waals surface area contributed by atoms with Crippen molar-refractivity contribution in [1.29, 1.82) is 0 Å². The number of rotatable bonds is 6. The third-order valence-corrected chi connectivity index (χ3v) is 4.19. The number of pyridine rings is 1. The first-order chi connectivity index (χ1) is 10.3. The first-order valence-corrected chi connectivity index (χ1v) is 7.75. The first-order valence-electron chi connectivity index (χ1n) is 6.87. The third kappa shape index (κ3) is 3.53. The molecule has 5 nitrogen and oxygen atoms in total. The van der Waals surface area contributed by atoms with Crippen molar-refractivity contribution in [2.75, 3.05) is 6.54 Å². The molecule has 0 unspecified atom stereocenters. The maximum absolute atomic E-state index is 4.46. The molecule has 108 valence electrons. The molecule has 0 bridgehead atoms. The van der Waals surface area contributed by atoms with Gasteiger partial charge in [-0.15, -0.1) is 11.3 Å². The highest BCUT2D eigenvalue weighted by Gasteiger charge is 2.07. The van der Waals surface area contributed by atoms with Crippen molar-refractivity contribution >= 4 is 11.3 Å². The van der Waals surface area contributed by atoms with Crippen molar-refractivity contribution in [1.82, 2.24) is 25.5 Å². The lowest BCUT2D eigenvalue weighted by atomic mass is 10.1. The lowest BCUT2D eigenvalue weighted by Crippen LogP contribution is -2.16. The number of thiazole rings is 1. The SMILES string of the molecule is Cc1csc(CCNCc2cn[nH]c2-c2cccnc2)n1. The number of nitrogens with one attached hydrogen (secondary N) is 2. The van der Waals surface area contributed by atoms with E-state index in [1.807, 2.05) is 31.5 Å². The Morgan fingerprint density at radius 1 is 1.33 bits per heavy atom. The monoisotopic (exact) mass is 299 g/mol. The lowest BCUT2D eigenvalue weighted by molar-refractivity contribution is 0.685. The molecule has 0 radical (unpaired) electrons. The summed E-state index contributed by atoms with van der Waals surface area (Å²) in [5, 5.41) is 13.9. The normalized spacial score (nSPS) is 10.9. The van der Waals surface area contributed by atoms with Crippen LogP contribution >= 0.6 is 11.3 Å². The third-order valence-electron chi connectivity index (χ3n) is 3.17. The lowest BCUT2D eigenvalue weighted by Gasteiger charge is -2.04. The van der Waals surface area contributed by atoms with E-state index in [0.717, 1.165) is 42.0 Å². The topological polar surface area (TPSA) is 66.5 Å². The van der Waals surface area contributed by atoms with Crippen molar-refractivity contribution in [3.63, 3.8) is 0 Å². The van der Waals surface area contributed by atoms with Crippen molar-refractivity contribution in [3.8, 4) is 11.3 Å². The summed E-state index contributed by atoms with van der Waals surface area (Å²) in [4.78, 5) is 8.61. The predicted octanol–water partition coefficient (Wildman–Crippen LogP) is 2.57. The summed E-state index contributed by atoms with van der Waals surface area (Å²) in [5.74, 6) is 0. The number of hydrogen-bond acceptors (Lipinski definition) is 5. The molecule has 3 aromatic rings. The highest BCUT2D eigenvalue weighted by Crippen LogP contribution is 2.19. The van der Waals surface area contributed by atoms with Gasteiger partial charge in [-0.25, -0.2) is 4.98 Å². The molecule has 0 saturated heterocycles. The Bertz CT molecular complexity index is 689. The molecule has 3 rings (SSSR count). The molecule has 6 heteroatoms. The van der Waals surface area contributed by atoms with Crippen LogP contribution in [0.15, 0.2) is 36.1 Å². The Labute approximate surface area is 127 Å². The Morgan fingerprint density at radius 3 is 3.05 bits per heavy atom. The number of aromatic amines is 1. The molecule has 0 aliphatic rings. The first kappa shape index (κ1) is 13.9. The van der Waals surface area contributed by atoms with E-state index in [4.69, 9.17) is 0 Å². The van der Waals surface area contributed by atoms with Crippen molar-refractivity contribution in [2.45, 2.75) is 19.9 Å². The number of nitrogens with zero attached hydrogens (tertiary/aromatic N) is 3. The molecular weight excluding hydrogens is 282 g/mol. The number of hydrogen-bond donors (Lipinski definition) is 2. The predicted molar refractivity (Wildman–Crippen MR) is 84.1 cm³/mol. The minimum Gasteiger partial charge on any atom is -0.312 e. The molecule has 0 amide bonds. The van der Waals surface area contributed by atoms with Gasteiger partial charge >= 0.3 is 0 Å². The molecule has 0 aliphatic carbocycles. The standard InChI is InChI=1S/C15H17N5S/c1-11-10-21-14(19-11)4-6-17-8-13-9-18-20-15(13)12-3-2-5-16-7-12/h2-3,5,7,9-10,17H,4,6,8H2,1H3,(H,18,20). The Kier molecular flexibility index (Phi) is 4.37. The van der Waals surface area contributed by atoms with Gasteiger partial charge in [-0.1, -0.05) is 0 Å². The number of aryl methyl sites for hydroxylation is 1. The average molecular weight is 299 g/mol. The van der Waals surface area contributed by atoms with Crippen LogP contribution in [-0.4, -0.2) is 26.7 Å². The van der Waals surface area contributed by atoms with Crippen molar-refractivity contribution < 1.29 is 0 Å². The number of aromatic nitrogens is 4. The summed E-state index contributed by atoms with van der Waals surface area (Å²) in [5.41, 5.74) is 4.34. The maximum atomic E-state index is 4.46. The zero-order chi connectivity index (χ0) is 14.5. The molecule has 0 aliphatic heterocycles. The molecule has 21 heavy (non-hydrogen) atoms. The second-order valence-electron chi connectivity index (χ2n) is 4.82. The van der Waals surface area contributed by atoms with E-state index in [9.17, 15) is 0 Å². The van der Waals surface area contributed by atoms with Gasteiger partial charge in [0.05, 0.1) is 16.9 Å². The van der Waals surface area contributed by atoms with Crippen LogP contribution < -0.4 is 5.32 Å². The highest BCUT2D eigenvalue weighted by molar-refractivity contribution is 7.09. The van der Waals surface area contributed by atoms with Crippen LogP contribution in [0.1, 0.15) is 16.3 Å². The van der Waals surface area contributed by atoms with Crippen LogP contribution in [0.3, 0.4) is 0 Å². The zero-order valence-electron chi connectivity index (χ0n) is 11.8. The van der Waals surface area contributed by atoms with E-state index >= 15 is 0 Å². The quantitative estimate of drug-likeness (QED) is 0.687. The van der Waals surface area contributed by atoms with Crippen LogP contribution in [0.25, 0.3) is 11.3 Å². The van der Waals surface area contributed by atoms with Gasteiger partial charge in [0, 0.05) is 54.1 Å². The van der Waals surface area contributed by atoms with Gasteiger partial charge in [0.25, 0.3) is 0 Å². The zero-order valence-corrected chi connectivity index (χ0v) is 12.7. The summed E-state index contributed by atoms with van der Waals surface area (Å²) >= 11 is 1.72. The van der Waals surface area contributed by atoms with Gasteiger partial charge in [-0.3, -0.25) is 10.1 Å². The van der Waals surface area contributed by atoms with Gasteiger partial charge < -0.3 is 5.32 Å². The van der Waals surface area contributed by atoms with E-state index < -0.39 is 0 Å². The van der Waals surface area contributed by atoms with E-state index in [2.05, 4.69) is 30.9 Å². The van der Waals surface area contributed by atoms with Gasteiger partial charge in [0.15, 0.2) is 0 Å².